The Bertz CT molecular complexity index is 333. The average Bonchev–Trinajstić information content (AvgIpc) is 2.37. The van der Waals surface area contributed by atoms with Crippen LogP contribution in [0.4, 0.5) is 0 Å². The van der Waals surface area contributed by atoms with Crippen molar-refractivity contribution in [1.29, 1.82) is 0 Å². The summed E-state index contributed by atoms with van der Waals surface area (Å²) in [5, 5.41) is 1.78. The summed E-state index contributed by atoms with van der Waals surface area (Å²) < 4.78 is 10.4. The van der Waals surface area contributed by atoms with Crippen LogP contribution in [0.15, 0.2) is 24.3 Å². The van der Waals surface area contributed by atoms with Gasteiger partial charge in [-0.1, -0.05) is 39.7 Å². The third kappa shape index (κ3) is 6.74. The first-order chi connectivity index (χ1) is 8.76. The van der Waals surface area contributed by atoms with Crippen LogP contribution in [0.3, 0.4) is 0 Å². The summed E-state index contributed by atoms with van der Waals surface area (Å²) >= 11 is 9.54. The fraction of sp³-hybridized carbons (Fsp3) is 0.571. The molecule has 0 heterocycles. The molecule has 18 heavy (non-hydrogen) atoms. The number of alkyl halides is 1. The summed E-state index contributed by atoms with van der Waals surface area (Å²) in [5.41, 5.74) is 1.28. The second-order valence-electron chi connectivity index (χ2n) is 4.25. The monoisotopic (exact) mass is 334 g/mol. The van der Waals surface area contributed by atoms with E-state index in [2.05, 4.69) is 22.0 Å². The van der Waals surface area contributed by atoms with Gasteiger partial charge in [0, 0.05) is 24.1 Å². The Morgan fingerprint density at radius 2 is 2.11 bits per heavy atom. The summed E-state index contributed by atoms with van der Waals surface area (Å²) in [6.45, 7) is 2.11. The quantitative estimate of drug-likeness (QED) is 0.502. The van der Waals surface area contributed by atoms with Crippen LogP contribution in [-0.2, 0) is 15.9 Å². The first kappa shape index (κ1) is 16.0. The standard InChI is InChI=1S/C14H20BrClO2/c1-17-7-8-18-6-5-13(11-15)9-12-3-2-4-14(16)10-12/h2-4,10,13H,5-9,11H2,1H3. The molecule has 1 unspecified atom stereocenters. The van der Waals surface area contributed by atoms with E-state index >= 15 is 0 Å². The second-order valence-corrected chi connectivity index (χ2v) is 5.33. The van der Waals surface area contributed by atoms with Crippen molar-refractivity contribution in [3.05, 3.63) is 34.9 Å². The maximum Gasteiger partial charge on any atom is 0.0700 e. The SMILES string of the molecule is COCCOCCC(CBr)Cc1cccc(Cl)c1. The van der Waals surface area contributed by atoms with Gasteiger partial charge in [-0.25, -0.2) is 0 Å². The minimum atomic E-state index is 0.575. The first-order valence-electron chi connectivity index (χ1n) is 6.13. The molecule has 0 saturated carbocycles. The molecule has 0 aromatic heterocycles. The molecule has 4 heteroatoms. The third-order valence-electron chi connectivity index (χ3n) is 2.73. The number of methoxy groups -OCH3 is 1. The summed E-state index contributed by atoms with van der Waals surface area (Å²) in [6.07, 6.45) is 2.07. The number of halogens is 2. The van der Waals surface area contributed by atoms with Crippen LogP contribution in [-0.4, -0.2) is 32.3 Å². The van der Waals surface area contributed by atoms with Crippen LogP contribution >= 0.6 is 27.5 Å². The summed E-state index contributed by atoms with van der Waals surface area (Å²) in [5.74, 6) is 0.575. The van der Waals surface area contributed by atoms with Crippen molar-refractivity contribution in [3.8, 4) is 0 Å². The summed E-state index contributed by atoms with van der Waals surface area (Å²) in [7, 11) is 1.68. The Kier molecular flexibility index (Phi) is 8.68. The van der Waals surface area contributed by atoms with Crippen LogP contribution in [0.2, 0.25) is 5.02 Å². The molecule has 0 bridgehead atoms. The number of hydrogen-bond donors (Lipinski definition) is 0. The van der Waals surface area contributed by atoms with E-state index in [4.69, 9.17) is 21.1 Å². The van der Waals surface area contributed by atoms with Crippen molar-refractivity contribution in [2.45, 2.75) is 12.8 Å². The lowest BCUT2D eigenvalue weighted by Gasteiger charge is -2.14. The highest BCUT2D eigenvalue weighted by atomic mass is 79.9. The Balaban J connectivity index is 2.28. The second kappa shape index (κ2) is 9.79. The molecule has 0 aliphatic carbocycles. The van der Waals surface area contributed by atoms with Crippen molar-refractivity contribution >= 4 is 27.5 Å². The molecule has 1 atom stereocenters. The van der Waals surface area contributed by atoms with Gasteiger partial charge in [0.1, 0.15) is 0 Å². The summed E-state index contributed by atoms with van der Waals surface area (Å²) in [6, 6.07) is 8.05. The van der Waals surface area contributed by atoms with E-state index in [0.29, 0.717) is 19.1 Å². The Hall–Kier alpha value is -0.0900. The molecular weight excluding hydrogens is 316 g/mol. The Morgan fingerprint density at radius 1 is 1.28 bits per heavy atom. The van der Waals surface area contributed by atoms with Crippen molar-refractivity contribution in [3.63, 3.8) is 0 Å². The van der Waals surface area contributed by atoms with Gasteiger partial charge < -0.3 is 9.47 Å². The lowest BCUT2D eigenvalue weighted by Crippen LogP contribution is -2.11. The Labute approximate surface area is 123 Å². The highest BCUT2D eigenvalue weighted by Gasteiger charge is 2.08. The maximum atomic E-state index is 5.98. The molecule has 0 spiro atoms. The molecule has 0 aliphatic rings. The van der Waals surface area contributed by atoms with Crippen molar-refractivity contribution in [1.82, 2.24) is 0 Å². The van der Waals surface area contributed by atoms with E-state index in [0.717, 1.165) is 29.8 Å². The molecule has 0 amide bonds. The van der Waals surface area contributed by atoms with E-state index < -0.39 is 0 Å². The van der Waals surface area contributed by atoms with Gasteiger partial charge in [0.25, 0.3) is 0 Å². The number of rotatable bonds is 9. The molecule has 0 aliphatic heterocycles. The fourth-order valence-corrected chi connectivity index (χ4v) is 2.49. The lowest BCUT2D eigenvalue weighted by molar-refractivity contribution is 0.0648. The molecule has 0 fully saturated rings. The van der Waals surface area contributed by atoms with Gasteiger partial charge in [-0.15, -0.1) is 0 Å². The molecule has 2 nitrogen and oxygen atoms in total. The van der Waals surface area contributed by atoms with Crippen LogP contribution in [0.1, 0.15) is 12.0 Å². The van der Waals surface area contributed by atoms with Crippen LogP contribution in [0.5, 0.6) is 0 Å². The van der Waals surface area contributed by atoms with Crippen LogP contribution in [0, 0.1) is 5.92 Å². The topological polar surface area (TPSA) is 18.5 Å². The van der Waals surface area contributed by atoms with Gasteiger partial charge in [0.2, 0.25) is 0 Å². The zero-order valence-electron chi connectivity index (χ0n) is 10.7. The molecular formula is C14H20BrClO2. The average molecular weight is 336 g/mol. The maximum absolute atomic E-state index is 5.98. The largest absolute Gasteiger partial charge is 0.382 e. The molecule has 102 valence electrons. The number of hydrogen-bond acceptors (Lipinski definition) is 2. The predicted molar refractivity (Wildman–Crippen MR) is 79.8 cm³/mol. The highest BCUT2D eigenvalue weighted by Crippen LogP contribution is 2.18. The van der Waals surface area contributed by atoms with Gasteiger partial charge in [-0.3, -0.25) is 0 Å². The van der Waals surface area contributed by atoms with Crippen LogP contribution < -0.4 is 0 Å². The van der Waals surface area contributed by atoms with E-state index in [1.54, 1.807) is 7.11 Å². The third-order valence-corrected chi connectivity index (χ3v) is 3.88. The van der Waals surface area contributed by atoms with Crippen molar-refractivity contribution in [2.75, 3.05) is 32.3 Å². The van der Waals surface area contributed by atoms with Crippen molar-refractivity contribution in [2.24, 2.45) is 5.92 Å². The van der Waals surface area contributed by atoms with Gasteiger partial charge in [-0.2, -0.15) is 0 Å². The minimum absolute atomic E-state index is 0.575. The lowest BCUT2D eigenvalue weighted by atomic mass is 9.98. The van der Waals surface area contributed by atoms with Crippen LogP contribution in [0.25, 0.3) is 0 Å². The molecule has 0 saturated heterocycles. The van der Waals surface area contributed by atoms with Gasteiger partial charge in [0.05, 0.1) is 13.2 Å². The molecule has 1 aromatic carbocycles. The van der Waals surface area contributed by atoms with Gasteiger partial charge in [0.15, 0.2) is 0 Å². The number of benzene rings is 1. The predicted octanol–water partition coefficient (Wildman–Crippen LogP) is 3.95. The van der Waals surface area contributed by atoms with E-state index in [1.165, 1.54) is 5.56 Å². The Morgan fingerprint density at radius 3 is 2.78 bits per heavy atom. The van der Waals surface area contributed by atoms with Gasteiger partial charge in [-0.05, 0) is 36.5 Å². The fourth-order valence-electron chi connectivity index (χ4n) is 1.73. The smallest absolute Gasteiger partial charge is 0.0700 e. The van der Waals surface area contributed by atoms with E-state index in [1.807, 2.05) is 18.2 Å². The van der Waals surface area contributed by atoms with Gasteiger partial charge >= 0.3 is 0 Å². The zero-order chi connectivity index (χ0) is 13.2. The normalized spacial score (nSPS) is 12.6. The molecule has 0 N–H and O–H groups in total. The number of ether oxygens (including phenoxy) is 2. The van der Waals surface area contributed by atoms with E-state index in [-0.39, 0.29) is 0 Å². The zero-order valence-corrected chi connectivity index (χ0v) is 13.0. The molecule has 1 aromatic rings. The summed E-state index contributed by atoms with van der Waals surface area (Å²) in [4.78, 5) is 0. The highest BCUT2D eigenvalue weighted by molar-refractivity contribution is 9.09. The first-order valence-corrected chi connectivity index (χ1v) is 7.63. The van der Waals surface area contributed by atoms with Crippen molar-refractivity contribution < 1.29 is 9.47 Å². The molecule has 1 rings (SSSR count). The molecule has 0 radical (unpaired) electrons. The van der Waals surface area contributed by atoms with E-state index in [9.17, 15) is 0 Å². The minimum Gasteiger partial charge on any atom is -0.382 e.